The van der Waals surface area contributed by atoms with Gasteiger partial charge in [-0.05, 0) is 52.7 Å². The molecule has 0 saturated carbocycles. The van der Waals surface area contributed by atoms with Crippen LogP contribution in [0.2, 0.25) is 5.02 Å². The fourth-order valence-electron chi connectivity index (χ4n) is 1.90. The number of carboxylic acid groups (broad SMARTS) is 1. The third-order valence-corrected chi connectivity index (χ3v) is 3.95. The summed E-state index contributed by atoms with van der Waals surface area (Å²) >= 11 is 9.32. The Morgan fingerprint density at radius 3 is 2.67 bits per heavy atom. The average Bonchev–Trinajstić information content (AvgIpc) is 2.76. The fourth-order valence-corrected chi connectivity index (χ4v) is 2.40. The number of rotatable bonds is 3. The molecule has 0 amide bonds. The molecule has 0 atom stereocenters. The molecular formula is C13H11BrClNO2. The maximum Gasteiger partial charge on any atom is 0.352 e. The van der Waals surface area contributed by atoms with Gasteiger partial charge in [0.1, 0.15) is 5.69 Å². The largest absolute Gasteiger partial charge is 0.477 e. The standard InChI is InChI=1S/C13H11BrClNO2/c1-2-16-11(5-6-12(16)13(17)18)8-3-4-10(15)9(14)7-8/h3-7H,2H2,1H3,(H,17,18). The van der Waals surface area contributed by atoms with Crippen LogP contribution in [0.15, 0.2) is 34.8 Å². The van der Waals surface area contributed by atoms with Gasteiger partial charge in [0.2, 0.25) is 0 Å². The summed E-state index contributed by atoms with van der Waals surface area (Å²) in [7, 11) is 0. The molecule has 1 aromatic carbocycles. The second-order valence-corrected chi connectivity index (χ2v) is 5.04. The zero-order chi connectivity index (χ0) is 13.3. The van der Waals surface area contributed by atoms with Crippen molar-refractivity contribution in [3.05, 3.63) is 45.5 Å². The SMILES string of the molecule is CCn1c(C(=O)O)ccc1-c1ccc(Cl)c(Br)c1. The van der Waals surface area contributed by atoms with Crippen molar-refractivity contribution in [2.24, 2.45) is 0 Å². The summed E-state index contributed by atoms with van der Waals surface area (Å²) in [5.41, 5.74) is 2.09. The Morgan fingerprint density at radius 2 is 2.11 bits per heavy atom. The van der Waals surface area contributed by atoms with Crippen molar-refractivity contribution in [3.8, 4) is 11.3 Å². The number of nitrogens with zero attached hydrogens (tertiary/aromatic N) is 1. The monoisotopic (exact) mass is 327 g/mol. The summed E-state index contributed by atoms with van der Waals surface area (Å²) in [4.78, 5) is 11.1. The van der Waals surface area contributed by atoms with Crippen LogP contribution in [-0.2, 0) is 6.54 Å². The molecule has 0 unspecified atom stereocenters. The van der Waals surface area contributed by atoms with Gasteiger partial charge in [-0.1, -0.05) is 17.7 Å². The lowest BCUT2D eigenvalue weighted by Gasteiger charge is -2.09. The van der Waals surface area contributed by atoms with Crippen LogP contribution in [0.4, 0.5) is 0 Å². The number of benzene rings is 1. The quantitative estimate of drug-likeness (QED) is 0.913. The molecule has 0 fully saturated rings. The van der Waals surface area contributed by atoms with Crippen molar-refractivity contribution in [2.45, 2.75) is 13.5 Å². The highest BCUT2D eigenvalue weighted by molar-refractivity contribution is 9.10. The minimum absolute atomic E-state index is 0.290. The molecule has 5 heteroatoms. The van der Waals surface area contributed by atoms with Crippen molar-refractivity contribution in [1.29, 1.82) is 0 Å². The van der Waals surface area contributed by atoms with E-state index in [9.17, 15) is 4.79 Å². The summed E-state index contributed by atoms with van der Waals surface area (Å²) in [6, 6.07) is 8.97. The normalized spacial score (nSPS) is 10.6. The van der Waals surface area contributed by atoms with Crippen LogP contribution < -0.4 is 0 Å². The third kappa shape index (κ3) is 2.31. The summed E-state index contributed by atoms with van der Waals surface area (Å²) in [5.74, 6) is -0.920. The van der Waals surface area contributed by atoms with Crippen molar-refractivity contribution in [2.75, 3.05) is 0 Å². The summed E-state index contributed by atoms with van der Waals surface area (Å²) in [5, 5.41) is 9.74. The number of halogens is 2. The van der Waals surface area contributed by atoms with Crippen LogP contribution in [0.1, 0.15) is 17.4 Å². The van der Waals surface area contributed by atoms with Gasteiger partial charge < -0.3 is 9.67 Å². The van der Waals surface area contributed by atoms with Gasteiger partial charge in [-0.3, -0.25) is 0 Å². The number of aromatic nitrogens is 1. The van der Waals surface area contributed by atoms with E-state index >= 15 is 0 Å². The number of hydrogen-bond acceptors (Lipinski definition) is 1. The zero-order valence-corrected chi connectivity index (χ0v) is 12.0. The van der Waals surface area contributed by atoms with Crippen LogP contribution >= 0.6 is 27.5 Å². The molecule has 0 spiro atoms. The molecule has 1 heterocycles. The zero-order valence-electron chi connectivity index (χ0n) is 9.65. The Balaban J connectivity index is 2.57. The van der Waals surface area contributed by atoms with Crippen LogP contribution in [0, 0.1) is 0 Å². The first-order chi connectivity index (χ1) is 8.54. The maximum absolute atomic E-state index is 11.1. The molecule has 2 aromatic rings. The van der Waals surface area contributed by atoms with E-state index in [0.29, 0.717) is 17.3 Å². The summed E-state index contributed by atoms with van der Waals surface area (Å²) in [6.45, 7) is 2.52. The number of carboxylic acids is 1. The highest BCUT2D eigenvalue weighted by atomic mass is 79.9. The molecule has 1 N–H and O–H groups in total. The molecular weight excluding hydrogens is 318 g/mol. The van der Waals surface area contributed by atoms with Crippen molar-refractivity contribution >= 4 is 33.5 Å². The lowest BCUT2D eigenvalue weighted by atomic mass is 10.1. The molecule has 94 valence electrons. The third-order valence-electron chi connectivity index (χ3n) is 2.73. The first kappa shape index (κ1) is 13.2. The van der Waals surface area contributed by atoms with Gasteiger partial charge in [-0.2, -0.15) is 0 Å². The van der Waals surface area contributed by atoms with Gasteiger partial charge in [0, 0.05) is 16.7 Å². The minimum atomic E-state index is -0.920. The highest BCUT2D eigenvalue weighted by Gasteiger charge is 2.14. The van der Waals surface area contributed by atoms with E-state index in [2.05, 4.69) is 15.9 Å². The molecule has 3 nitrogen and oxygen atoms in total. The lowest BCUT2D eigenvalue weighted by Crippen LogP contribution is -2.08. The predicted octanol–water partition coefficient (Wildman–Crippen LogP) is 4.29. The topological polar surface area (TPSA) is 42.2 Å². The Kier molecular flexibility index (Phi) is 3.78. The Hall–Kier alpha value is -1.26. The number of hydrogen-bond donors (Lipinski definition) is 1. The molecule has 0 saturated heterocycles. The second-order valence-electron chi connectivity index (χ2n) is 3.78. The van der Waals surface area contributed by atoms with Crippen LogP contribution in [0.25, 0.3) is 11.3 Å². The number of carbonyl (C=O) groups is 1. The van der Waals surface area contributed by atoms with Gasteiger partial charge >= 0.3 is 5.97 Å². The molecule has 0 bridgehead atoms. The van der Waals surface area contributed by atoms with Crippen molar-refractivity contribution in [1.82, 2.24) is 4.57 Å². The summed E-state index contributed by atoms with van der Waals surface area (Å²) < 4.78 is 2.56. The Labute approximate surface area is 118 Å². The Bertz CT molecular complexity index is 607. The van der Waals surface area contributed by atoms with Gasteiger partial charge in [0.15, 0.2) is 0 Å². The second kappa shape index (κ2) is 5.16. The van der Waals surface area contributed by atoms with Crippen molar-refractivity contribution < 1.29 is 9.90 Å². The van der Waals surface area contributed by atoms with Crippen molar-refractivity contribution in [3.63, 3.8) is 0 Å². The number of aromatic carboxylic acids is 1. The van der Waals surface area contributed by atoms with E-state index in [1.807, 2.05) is 25.1 Å². The van der Waals surface area contributed by atoms with E-state index < -0.39 is 5.97 Å². The molecule has 0 aliphatic rings. The summed E-state index contributed by atoms with van der Waals surface area (Å²) in [6.07, 6.45) is 0. The van der Waals surface area contributed by atoms with Gasteiger partial charge in [-0.15, -0.1) is 0 Å². The molecule has 18 heavy (non-hydrogen) atoms. The first-order valence-electron chi connectivity index (χ1n) is 5.42. The Morgan fingerprint density at radius 1 is 1.39 bits per heavy atom. The predicted molar refractivity (Wildman–Crippen MR) is 75.2 cm³/mol. The van der Waals surface area contributed by atoms with Crippen LogP contribution in [0.3, 0.4) is 0 Å². The highest BCUT2D eigenvalue weighted by Crippen LogP contribution is 2.30. The lowest BCUT2D eigenvalue weighted by molar-refractivity contribution is 0.0685. The van der Waals surface area contributed by atoms with E-state index in [4.69, 9.17) is 16.7 Å². The van der Waals surface area contributed by atoms with Gasteiger partial charge in [0.25, 0.3) is 0 Å². The van der Waals surface area contributed by atoms with Crippen LogP contribution in [-0.4, -0.2) is 15.6 Å². The molecule has 0 radical (unpaired) electrons. The van der Waals surface area contributed by atoms with E-state index in [-0.39, 0.29) is 0 Å². The minimum Gasteiger partial charge on any atom is -0.477 e. The smallest absolute Gasteiger partial charge is 0.352 e. The molecule has 0 aliphatic heterocycles. The molecule has 2 rings (SSSR count). The average molecular weight is 329 g/mol. The molecule has 1 aromatic heterocycles. The van der Waals surface area contributed by atoms with Crippen LogP contribution in [0.5, 0.6) is 0 Å². The molecule has 0 aliphatic carbocycles. The maximum atomic E-state index is 11.1. The first-order valence-corrected chi connectivity index (χ1v) is 6.60. The van der Waals surface area contributed by atoms with Gasteiger partial charge in [0.05, 0.1) is 5.02 Å². The van der Waals surface area contributed by atoms with E-state index in [0.717, 1.165) is 15.7 Å². The van der Waals surface area contributed by atoms with E-state index in [1.54, 1.807) is 16.7 Å². The van der Waals surface area contributed by atoms with E-state index in [1.165, 1.54) is 0 Å². The van der Waals surface area contributed by atoms with Gasteiger partial charge in [-0.25, -0.2) is 4.79 Å². The fraction of sp³-hybridized carbons (Fsp3) is 0.154.